The van der Waals surface area contributed by atoms with E-state index in [-0.39, 0.29) is 5.78 Å². The Labute approximate surface area is 159 Å². The molecule has 0 radical (unpaired) electrons. The Bertz CT molecular complexity index is 897. The Kier molecular flexibility index (Phi) is 5.74. The van der Waals surface area contributed by atoms with Gasteiger partial charge in [0.15, 0.2) is 5.78 Å². The molecule has 5 heteroatoms. The quantitative estimate of drug-likeness (QED) is 0.355. The zero-order chi connectivity index (χ0) is 17.6. The van der Waals surface area contributed by atoms with Crippen LogP contribution in [-0.4, -0.2) is 5.78 Å². The molecular weight excluding hydrogens is 404 g/mol. The van der Waals surface area contributed by atoms with Gasteiger partial charge in [-0.3, -0.25) is 4.79 Å². The van der Waals surface area contributed by atoms with Gasteiger partial charge in [-0.05, 0) is 76.6 Å². The molecule has 0 unspecified atom stereocenters. The maximum Gasteiger partial charge on any atom is 0.185 e. The van der Waals surface area contributed by atoms with Gasteiger partial charge in [0.2, 0.25) is 0 Å². The molecule has 3 nitrogen and oxygen atoms in total. The van der Waals surface area contributed by atoms with Crippen LogP contribution in [0.5, 0.6) is 5.75 Å². The highest BCUT2D eigenvalue weighted by atomic mass is 79.9. The first kappa shape index (κ1) is 17.5. The van der Waals surface area contributed by atoms with Crippen molar-refractivity contribution in [1.29, 1.82) is 0 Å². The SMILES string of the molecule is O=C(/C=C/c1ccc(COc2ccccc2Br)o1)c1ccc(Cl)cc1. The van der Waals surface area contributed by atoms with E-state index in [0.29, 0.717) is 28.7 Å². The minimum Gasteiger partial charge on any atom is -0.484 e. The summed E-state index contributed by atoms with van der Waals surface area (Å²) < 4.78 is 12.2. The Morgan fingerprint density at radius 3 is 2.60 bits per heavy atom. The van der Waals surface area contributed by atoms with Crippen LogP contribution in [0.2, 0.25) is 5.02 Å². The van der Waals surface area contributed by atoms with Gasteiger partial charge in [0, 0.05) is 10.6 Å². The highest BCUT2D eigenvalue weighted by molar-refractivity contribution is 9.10. The number of furan rings is 1. The van der Waals surface area contributed by atoms with E-state index in [4.69, 9.17) is 20.8 Å². The fourth-order valence-electron chi connectivity index (χ4n) is 2.14. The van der Waals surface area contributed by atoms with Gasteiger partial charge in [-0.2, -0.15) is 0 Å². The minimum absolute atomic E-state index is 0.112. The first-order valence-electron chi connectivity index (χ1n) is 7.56. The van der Waals surface area contributed by atoms with E-state index in [2.05, 4.69) is 15.9 Å². The monoisotopic (exact) mass is 416 g/mol. The van der Waals surface area contributed by atoms with Gasteiger partial charge in [0.1, 0.15) is 23.9 Å². The number of ether oxygens (including phenoxy) is 1. The van der Waals surface area contributed by atoms with E-state index in [0.717, 1.165) is 10.2 Å². The lowest BCUT2D eigenvalue weighted by Crippen LogP contribution is -1.94. The van der Waals surface area contributed by atoms with Crippen molar-refractivity contribution in [2.75, 3.05) is 0 Å². The smallest absolute Gasteiger partial charge is 0.185 e. The van der Waals surface area contributed by atoms with E-state index in [1.165, 1.54) is 6.08 Å². The minimum atomic E-state index is -0.112. The number of hydrogen-bond acceptors (Lipinski definition) is 3. The molecule has 0 bridgehead atoms. The van der Waals surface area contributed by atoms with Crippen LogP contribution >= 0.6 is 27.5 Å². The molecule has 25 heavy (non-hydrogen) atoms. The van der Waals surface area contributed by atoms with Gasteiger partial charge in [0.05, 0.1) is 4.47 Å². The molecule has 2 aromatic carbocycles. The number of halogens is 2. The maximum atomic E-state index is 12.1. The summed E-state index contributed by atoms with van der Waals surface area (Å²) >= 11 is 9.25. The molecule has 0 aliphatic carbocycles. The molecule has 0 N–H and O–H groups in total. The lowest BCUT2D eigenvalue weighted by Gasteiger charge is -2.05. The summed E-state index contributed by atoms with van der Waals surface area (Å²) in [5, 5.41) is 0.598. The van der Waals surface area contributed by atoms with Crippen molar-refractivity contribution in [3.8, 4) is 5.75 Å². The van der Waals surface area contributed by atoms with Crippen LogP contribution in [0.1, 0.15) is 21.9 Å². The molecule has 0 aliphatic rings. The predicted octanol–water partition coefficient (Wildman–Crippen LogP) is 6.17. The summed E-state index contributed by atoms with van der Waals surface area (Å²) in [5.41, 5.74) is 0.574. The van der Waals surface area contributed by atoms with Crippen molar-refractivity contribution in [1.82, 2.24) is 0 Å². The standard InChI is InChI=1S/C20H14BrClO3/c21-18-3-1-2-4-20(18)24-13-17-10-9-16(25-17)11-12-19(23)14-5-7-15(22)8-6-14/h1-12H,13H2/b12-11+. The summed E-state index contributed by atoms with van der Waals surface area (Å²) in [7, 11) is 0. The highest BCUT2D eigenvalue weighted by Gasteiger charge is 2.05. The van der Waals surface area contributed by atoms with Gasteiger partial charge in [-0.15, -0.1) is 0 Å². The van der Waals surface area contributed by atoms with Crippen LogP contribution < -0.4 is 4.74 Å². The number of hydrogen-bond donors (Lipinski definition) is 0. The first-order chi connectivity index (χ1) is 12.1. The van der Waals surface area contributed by atoms with Crippen molar-refractivity contribution < 1.29 is 13.9 Å². The van der Waals surface area contributed by atoms with Crippen molar-refractivity contribution in [2.24, 2.45) is 0 Å². The highest BCUT2D eigenvalue weighted by Crippen LogP contribution is 2.25. The topological polar surface area (TPSA) is 39.4 Å². The second kappa shape index (κ2) is 8.19. The summed E-state index contributed by atoms with van der Waals surface area (Å²) in [5.74, 6) is 1.90. The number of allylic oxidation sites excluding steroid dienone is 1. The van der Waals surface area contributed by atoms with Crippen molar-refractivity contribution in [3.63, 3.8) is 0 Å². The van der Waals surface area contributed by atoms with E-state index >= 15 is 0 Å². The molecule has 1 heterocycles. The molecule has 3 aromatic rings. The third-order valence-electron chi connectivity index (χ3n) is 3.42. The number of para-hydroxylation sites is 1. The first-order valence-corrected chi connectivity index (χ1v) is 8.73. The number of carbonyl (C=O) groups excluding carboxylic acids is 1. The van der Waals surface area contributed by atoms with Gasteiger partial charge in [0.25, 0.3) is 0 Å². The zero-order valence-electron chi connectivity index (χ0n) is 13.1. The van der Waals surface area contributed by atoms with E-state index in [1.807, 2.05) is 30.3 Å². The van der Waals surface area contributed by atoms with Gasteiger partial charge >= 0.3 is 0 Å². The second-order valence-corrected chi connectivity index (χ2v) is 6.52. The molecule has 126 valence electrons. The number of rotatable bonds is 6. The lowest BCUT2D eigenvalue weighted by atomic mass is 10.1. The third kappa shape index (κ3) is 4.84. The average molecular weight is 418 g/mol. The van der Waals surface area contributed by atoms with Crippen molar-refractivity contribution in [3.05, 3.63) is 93.3 Å². The second-order valence-electron chi connectivity index (χ2n) is 5.23. The third-order valence-corrected chi connectivity index (χ3v) is 4.32. The maximum absolute atomic E-state index is 12.1. The molecule has 3 rings (SSSR count). The van der Waals surface area contributed by atoms with Crippen molar-refractivity contribution >= 4 is 39.4 Å². The van der Waals surface area contributed by atoms with Crippen LogP contribution in [0.15, 0.2) is 75.6 Å². The number of carbonyl (C=O) groups is 1. The predicted molar refractivity (Wildman–Crippen MR) is 102 cm³/mol. The fraction of sp³-hybridized carbons (Fsp3) is 0.0500. The molecular formula is C20H14BrClO3. The summed E-state index contributed by atoms with van der Waals surface area (Å²) in [6, 6.07) is 18.0. The summed E-state index contributed by atoms with van der Waals surface area (Å²) in [4.78, 5) is 12.1. The van der Waals surface area contributed by atoms with Crippen molar-refractivity contribution in [2.45, 2.75) is 6.61 Å². The summed E-state index contributed by atoms with van der Waals surface area (Å²) in [6.07, 6.45) is 3.11. The molecule has 0 spiro atoms. The Morgan fingerprint density at radius 2 is 1.84 bits per heavy atom. The lowest BCUT2D eigenvalue weighted by molar-refractivity contribution is 0.104. The Balaban J connectivity index is 1.60. The van der Waals surface area contributed by atoms with Gasteiger partial charge in [-0.25, -0.2) is 0 Å². The van der Waals surface area contributed by atoms with E-state index < -0.39 is 0 Å². The van der Waals surface area contributed by atoms with Gasteiger partial charge < -0.3 is 9.15 Å². The molecule has 1 aromatic heterocycles. The van der Waals surface area contributed by atoms with Crippen LogP contribution in [0.3, 0.4) is 0 Å². The molecule has 0 saturated carbocycles. The zero-order valence-corrected chi connectivity index (χ0v) is 15.5. The van der Waals surface area contributed by atoms with Crippen LogP contribution in [0.25, 0.3) is 6.08 Å². The normalized spacial score (nSPS) is 11.0. The molecule has 0 saturated heterocycles. The van der Waals surface area contributed by atoms with Crippen LogP contribution in [0.4, 0.5) is 0 Å². The number of ketones is 1. The van der Waals surface area contributed by atoms with E-state index in [9.17, 15) is 4.79 Å². The average Bonchev–Trinajstić information content (AvgIpc) is 3.07. The molecule has 0 aliphatic heterocycles. The number of benzene rings is 2. The molecule has 0 fully saturated rings. The molecule has 0 amide bonds. The summed E-state index contributed by atoms with van der Waals surface area (Å²) in [6.45, 7) is 0.307. The Morgan fingerprint density at radius 1 is 1.08 bits per heavy atom. The van der Waals surface area contributed by atoms with E-state index in [1.54, 1.807) is 36.4 Å². The fourth-order valence-corrected chi connectivity index (χ4v) is 2.67. The largest absolute Gasteiger partial charge is 0.484 e. The van der Waals surface area contributed by atoms with Crippen LogP contribution in [-0.2, 0) is 6.61 Å². The van der Waals surface area contributed by atoms with Gasteiger partial charge in [-0.1, -0.05) is 23.7 Å². The molecule has 0 atom stereocenters. The van der Waals surface area contributed by atoms with Crippen LogP contribution in [0, 0.1) is 0 Å². The Hall–Kier alpha value is -2.30.